The molecule has 6 heteroatoms. The van der Waals surface area contributed by atoms with E-state index in [0.29, 0.717) is 0 Å². The first kappa shape index (κ1) is 23.5. The Bertz CT molecular complexity index is 991. The van der Waals surface area contributed by atoms with Crippen LogP contribution < -0.4 is 10.8 Å². The first-order valence-electron chi connectivity index (χ1n) is 12.0. The van der Waals surface area contributed by atoms with E-state index in [1.54, 1.807) is 6.08 Å². The molecule has 1 aliphatic heterocycles. The molecule has 0 radical (unpaired) electrons. The molecule has 0 bridgehead atoms. The summed E-state index contributed by atoms with van der Waals surface area (Å²) in [6.45, 7) is 5.94. The van der Waals surface area contributed by atoms with Crippen LogP contribution in [0, 0.1) is 6.92 Å². The van der Waals surface area contributed by atoms with Crippen molar-refractivity contribution in [3.8, 4) is 0 Å². The van der Waals surface area contributed by atoms with E-state index in [1.807, 2.05) is 19.1 Å². The summed E-state index contributed by atoms with van der Waals surface area (Å²) in [6, 6.07) is 8.21. The fourth-order valence-corrected chi connectivity index (χ4v) is 4.48. The molecular formula is C27H35N3O3. The molecule has 3 N–H and O–H groups in total. The van der Waals surface area contributed by atoms with Crippen molar-refractivity contribution >= 4 is 18.1 Å². The SMILES string of the molecule is Cc1[nH]c2c(c1CCNCc1ccc(/C=C/C(=O)NOC3CCC[C@H](C)O3)cc1)C=CCC2. The fraction of sp³-hybridized carbons (Fsp3) is 0.444. The molecule has 2 atom stereocenters. The molecule has 0 spiro atoms. The van der Waals surface area contributed by atoms with E-state index in [9.17, 15) is 4.79 Å². The third kappa shape index (κ3) is 6.67. The predicted octanol–water partition coefficient (Wildman–Crippen LogP) is 4.59. The molecule has 1 unspecified atom stereocenters. The lowest BCUT2D eigenvalue weighted by Crippen LogP contribution is -2.34. The minimum atomic E-state index is -0.360. The molecule has 1 saturated heterocycles. The van der Waals surface area contributed by atoms with E-state index >= 15 is 0 Å². The molecule has 4 rings (SSSR count). The van der Waals surface area contributed by atoms with Gasteiger partial charge in [-0.05, 0) is 80.8 Å². The third-order valence-electron chi connectivity index (χ3n) is 6.30. The topological polar surface area (TPSA) is 75.4 Å². The number of H-pyrrole nitrogens is 1. The predicted molar refractivity (Wildman–Crippen MR) is 131 cm³/mol. The van der Waals surface area contributed by atoms with Crippen LogP contribution in [0.2, 0.25) is 0 Å². The van der Waals surface area contributed by atoms with Crippen molar-refractivity contribution in [1.29, 1.82) is 0 Å². The molecule has 2 heterocycles. The van der Waals surface area contributed by atoms with Crippen LogP contribution in [0.25, 0.3) is 12.2 Å². The van der Waals surface area contributed by atoms with E-state index in [4.69, 9.17) is 9.57 Å². The zero-order chi connectivity index (χ0) is 23.0. The quantitative estimate of drug-likeness (QED) is 0.297. The molecule has 176 valence electrons. The van der Waals surface area contributed by atoms with Gasteiger partial charge in [-0.3, -0.25) is 4.79 Å². The number of allylic oxidation sites excluding steroid dienone is 1. The molecular weight excluding hydrogens is 414 g/mol. The molecule has 1 aliphatic carbocycles. The highest BCUT2D eigenvalue weighted by molar-refractivity contribution is 5.90. The number of aryl methyl sites for hydroxylation is 2. The number of amides is 1. The van der Waals surface area contributed by atoms with Crippen LogP contribution in [-0.2, 0) is 33.8 Å². The number of carbonyl (C=O) groups is 1. The zero-order valence-electron chi connectivity index (χ0n) is 19.7. The first-order valence-corrected chi connectivity index (χ1v) is 12.0. The van der Waals surface area contributed by atoms with Crippen molar-refractivity contribution in [3.63, 3.8) is 0 Å². The van der Waals surface area contributed by atoms with Gasteiger partial charge < -0.3 is 15.0 Å². The number of carbonyl (C=O) groups excluding carboxylic acids is 1. The van der Waals surface area contributed by atoms with E-state index in [1.165, 1.54) is 34.2 Å². The van der Waals surface area contributed by atoms with Crippen molar-refractivity contribution in [2.45, 2.75) is 71.3 Å². The molecule has 1 fully saturated rings. The molecule has 0 saturated carbocycles. The standard InChI is InChI=1S/C27H35N3O3/c1-19-6-5-9-27(32-19)33-30-26(31)15-14-21-10-12-22(13-11-21)18-28-17-16-23-20(2)29-25-8-4-3-7-24(23)25/h3,7,10-15,19,27-29H,4-6,8-9,16-18H2,1-2H3,(H,30,31)/b15-14+/t19-,27?/m0/s1. The summed E-state index contributed by atoms with van der Waals surface area (Å²) in [7, 11) is 0. The number of nitrogens with one attached hydrogen (secondary N) is 3. The molecule has 1 amide bonds. The maximum Gasteiger partial charge on any atom is 0.267 e. The number of aromatic amines is 1. The Morgan fingerprint density at radius 3 is 2.94 bits per heavy atom. The lowest BCUT2D eigenvalue weighted by atomic mass is 9.99. The van der Waals surface area contributed by atoms with Gasteiger partial charge in [-0.2, -0.15) is 0 Å². The molecule has 2 aliphatic rings. The summed E-state index contributed by atoms with van der Waals surface area (Å²) in [5, 5.41) is 3.55. The zero-order valence-corrected chi connectivity index (χ0v) is 19.7. The number of fused-ring (bicyclic) bond motifs is 1. The molecule has 1 aromatic carbocycles. The summed E-state index contributed by atoms with van der Waals surface area (Å²) in [5.74, 6) is -0.292. The second-order valence-corrected chi connectivity index (χ2v) is 8.95. The number of ether oxygens (including phenoxy) is 1. The normalized spacial score (nSPS) is 20.2. The second kappa shape index (κ2) is 11.5. The number of benzene rings is 1. The van der Waals surface area contributed by atoms with Crippen LogP contribution in [0.15, 0.2) is 36.4 Å². The Hall–Kier alpha value is -2.67. The maximum absolute atomic E-state index is 12.0. The smallest absolute Gasteiger partial charge is 0.267 e. The summed E-state index contributed by atoms with van der Waals surface area (Å²) >= 11 is 0. The second-order valence-electron chi connectivity index (χ2n) is 8.95. The third-order valence-corrected chi connectivity index (χ3v) is 6.30. The average Bonchev–Trinajstić information content (AvgIpc) is 3.15. The number of aromatic nitrogens is 1. The van der Waals surface area contributed by atoms with Gasteiger partial charge in [0.2, 0.25) is 0 Å². The maximum atomic E-state index is 12.0. The minimum Gasteiger partial charge on any atom is -0.362 e. The number of hydroxylamine groups is 1. The summed E-state index contributed by atoms with van der Waals surface area (Å²) < 4.78 is 5.63. The fourth-order valence-electron chi connectivity index (χ4n) is 4.48. The Morgan fingerprint density at radius 1 is 1.27 bits per heavy atom. The van der Waals surface area contributed by atoms with Gasteiger partial charge >= 0.3 is 0 Å². The summed E-state index contributed by atoms with van der Waals surface area (Å²) in [5.41, 5.74) is 10.1. The Balaban J connectivity index is 1.18. The Kier molecular flexibility index (Phi) is 8.15. The van der Waals surface area contributed by atoms with E-state index < -0.39 is 0 Å². The van der Waals surface area contributed by atoms with Crippen molar-refractivity contribution in [1.82, 2.24) is 15.8 Å². The number of hydrogen-bond donors (Lipinski definition) is 3. The minimum absolute atomic E-state index is 0.171. The van der Waals surface area contributed by atoms with Crippen molar-refractivity contribution in [2.75, 3.05) is 6.54 Å². The van der Waals surface area contributed by atoms with Gasteiger partial charge in [-0.25, -0.2) is 10.3 Å². The summed E-state index contributed by atoms with van der Waals surface area (Å²) in [6.07, 6.45) is 13.7. The van der Waals surface area contributed by atoms with Crippen molar-refractivity contribution < 1.29 is 14.4 Å². The largest absolute Gasteiger partial charge is 0.362 e. The van der Waals surface area contributed by atoms with Crippen LogP contribution in [0.1, 0.15) is 66.2 Å². The van der Waals surface area contributed by atoms with Gasteiger partial charge in [0, 0.05) is 30.4 Å². The van der Waals surface area contributed by atoms with Crippen LogP contribution in [-0.4, -0.2) is 29.8 Å². The highest BCUT2D eigenvalue weighted by Gasteiger charge is 2.20. The molecule has 1 aromatic heterocycles. The van der Waals surface area contributed by atoms with Crippen LogP contribution in [0.5, 0.6) is 0 Å². The Morgan fingerprint density at radius 2 is 2.12 bits per heavy atom. The lowest BCUT2D eigenvalue weighted by Gasteiger charge is -2.26. The molecule has 33 heavy (non-hydrogen) atoms. The van der Waals surface area contributed by atoms with Crippen molar-refractivity contribution in [2.24, 2.45) is 0 Å². The average molecular weight is 450 g/mol. The van der Waals surface area contributed by atoms with Crippen molar-refractivity contribution in [3.05, 3.63) is 70.1 Å². The molecule has 6 nitrogen and oxygen atoms in total. The number of rotatable bonds is 9. The van der Waals surface area contributed by atoms with Gasteiger partial charge in [0.25, 0.3) is 5.91 Å². The summed E-state index contributed by atoms with van der Waals surface area (Å²) in [4.78, 5) is 20.9. The highest BCUT2D eigenvalue weighted by Crippen LogP contribution is 2.25. The highest BCUT2D eigenvalue weighted by atomic mass is 16.8. The van der Waals surface area contributed by atoms with Gasteiger partial charge in [0.15, 0.2) is 6.29 Å². The lowest BCUT2D eigenvalue weighted by molar-refractivity contribution is -0.217. The van der Waals surface area contributed by atoms with E-state index in [2.05, 4.69) is 47.0 Å². The van der Waals surface area contributed by atoms with Gasteiger partial charge in [0.05, 0.1) is 6.10 Å². The Labute approximate surface area is 196 Å². The van der Waals surface area contributed by atoms with Gasteiger partial charge in [0.1, 0.15) is 0 Å². The number of hydrogen-bond acceptors (Lipinski definition) is 4. The van der Waals surface area contributed by atoms with Gasteiger partial charge in [-0.1, -0.05) is 36.4 Å². The van der Waals surface area contributed by atoms with E-state index in [-0.39, 0.29) is 18.3 Å². The van der Waals surface area contributed by atoms with Crippen LogP contribution in [0.3, 0.4) is 0 Å². The first-order chi connectivity index (χ1) is 16.1. The van der Waals surface area contributed by atoms with E-state index in [0.717, 1.165) is 57.2 Å². The van der Waals surface area contributed by atoms with Crippen LogP contribution >= 0.6 is 0 Å². The van der Waals surface area contributed by atoms with Gasteiger partial charge in [-0.15, -0.1) is 0 Å². The monoisotopic (exact) mass is 449 g/mol. The molecule has 2 aromatic rings. The van der Waals surface area contributed by atoms with Crippen LogP contribution in [0.4, 0.5) is 0 Å².